The van der Waals surface area contributed by atoms with Gasteiger partial charge in [-0.3, -0.25) is 0 Å². The maximum absolute atomic E-state index is 2.63. The van der Waals surface area contributed by atoms with E-state index in [9.17, 15) is 0 Å². The van der Waals surface area contributed by atoms with Gasteiger partial charge in [0.2, 0.25) is 0 Å². The van der Waals surface area contributed by atoms with E-state index in [1.807, 2.05) is 22.3 Å². The monoisotopic (exact) mass is 468 g/mol. The average molecular weight is 469 g/mol. The molecule has 0 aliphatic heterocycles. The Bertz CT molecular complexity index is 830. The molecule has 0 aromatic carbocycles. The average Bonchev–Trinajstić information content (AvgIpc) is 3.32. The highest BCUT2D eigenvalue weighted by atomic mass is 14.9. The maximum atomic E-state index is 2.63. The van der Waals surface area contributed by atoms with Crippen molar-refractivity contribution in [1.29, 1.82) is 0 Å². The van der Waals surface area contributed by atoms with Crippen molar-refractivity contribution in [2.45, 2.75) is 160 Å². The first-order valence-electron chi connectivity index (χ1n) is 15.7. The van der Waals surface area contributed by atoms with Crippen molar-refractivity contribution in [1.82, 2.24) is 0 Å². The van der Waals surface area contributed by atoms with Crippen molar-refractivity contribution in [3.63, 3.8) is 0 Å². The molecule has 0 N–H and O–H groups in total. The third-order valence-electron chi connectivity index (χ3n) is 13.4. The van der Waals surface area contributed by atoms with Gasteiger partial charge in [-0.15, -0.1) is 0 Å². The van der Waals surface area contributed by atoms with Crippen molar-refractivity contribution in [3.05, 3.63) is 22.3 Å². The number of hydrogen-bond acceptors (Lipinski definition) is 0. The van der Waals surface area contributed by atoms with Gasteiger partial charge >= 0.3 is 0 Å². The topological polar surface area (TPSA) is 0 Å². The Balaban J connectivity index is 2.82. The molecule has 0 heteroatoms. The molecule has 0 aromatic heterocycles. The van der Waals surface area contributed by atoms with Gasteiger partial charge < -0.3 is 0 Å². The molecule has 3 aliphatic carbocycles. The minimum Gasteiger partial charge on any atom is -0.0648 e. The van der Waals surface area contributed by atoms with Crippen LogP contribution in [-0.2, 0) is 0 Å². The minimum atomic E-state index is 0.307. The summed E-state index contributed by atoms with van der Waals surface area (Å²) in [6.45, 7) is 30.8. The smallest absolute Gasteiger partial charge is 0.00845 e. The SMILES string of the molecule is CCC1=C(CC)C2(CC)C3(CC)C(CC)=C(CC)C(CC)(C3(CC)CC)C2(CC)C1(CC)CC. The fourth-order valence-electron chi connectivity index (χ4n) is 14.0. The Hall–Kier alpha value is -0.520. The Kier molecular flexibility index (Phi) is 7.51. The molecule has 196 valence electrons. The zero-order chi connectivity index (χ0) is 25.8. The fourth-order valence-corrected chi connectivity index (χ4v) is 14.0. The molecule has 0 amide bonds. The predicted molar refractivity (Wildman–Crippen MR) is 152 cm³/mol. The van der Waals surface area contributed by atoms with Crippen molar-refractivity contribution in [3.8, 4) is 0 Å². The first kappa shape index (κ1) is 28.1. The van der Waals surface area contributed by atoms with Gasteiger partial charge in [-0.2, -0.15) is 0 Å². The molecule has 3 aliphatic rings. The normalized spacial score (nSPS) is 37.8. The second kappa shape index (κ2) is 9.10. The number of fused-ring (bicyclic) bond motifs is 5. The Morgan fingerprint density at radius 2 is 0.735 bits per heavy atom. The van der Waals surface area contributed by atoms with Crippen molar-refractivity contribution in [2.24, 2.45) is 32.5 Å². The van der Waals surface area contributed by atoms with Crippen LogP contribution < -0.4 is 0 Å². The highest BCUT2D eigenvalue weighted by Gasteiger charge is 2.92. The molecule has 4 unspecified atom stereocenters. The Morgan fingerprint density at radius 3 is 1.03 bits per heavy atom. The lowest BCUT2D eigenvalue weighted by molar-refractivity contribution is -0.123. The van der Waals surface area contributed by atoms with E-state index in [2.05, 4.69) is 83.1 Å². The Morgan fingerprint density at radius 1 is 0.353 bits per heavy atom. The summed E-state index contributed by atoms with van der Waals surface area (Å²) in [7, 11) is 0. The van der Waals surface area contributed by atoms with Gasteiger partial charge in [0, 0.05) is 16.2 Å². The lowest BCUT2D eigenvalue weighted by Crippen LogP contribution is -2.60. The van der Waals surface area contributed by atoms with E-state index in [-0.39, 0.29) is 0 Å². The fraction of sp³-hybridized carbons (Fsp3) is 0.882. The lowest BCUT2D eigenvalue weighted by Gasteiger charge is -2.66. The summed E-state index contributed by atoms with van der Waals surface area (Å²) in [6, 6.07) is 0. The standard InChI is InChI=1S/C34H60/c1-13-25-26(14-2)33(23-11)31(21-9)27(15-3)28(16-4)32(22-10,30(31,19-7)20-8)34(33,24-12)29(25,17-5)18-6/h13-24H2,1-12H3. The zero-order valence-electron chi connectivity index (χ0n) is 25.5. The quantitative estimate of drug-likeness (QED) is 0.250. The summed E-state index contributed by atoms with van der Waals surface area (Å²) >= 11 is 0. The van der Waals surface area contributed by atoms with Crippen LogP contribution in [0.3, 0.4) is 0 Å². The van der Waals surface area contributed by atoms with Gasteiger partial charge in [0.25, 0.3) is 0 Å². The first-order chi connectivity index (χ1) is 16.3. The number of hydrogen-bond donors (Lipinski definition) is 0. The largest absolute Gasteiger partial charge is 0.0648 e. The van der Waals surface area contributed by atoms with E-state index in [1.54, 1.807) is 0 Å². The molecule has 0 saturated heterocycles. The van der Waals surface area contributed by atoms with Crippen LogP contribution in [0.25, 0.3) is 0 Å². The highest BCUT2D eigenvalue weighted by molar-refractivity contribution is 5.62. The van der Waals surface area contributed by atoms with E-state index in [4.69, 9.17) is 0 Å². The summed E-state index contributed by atoms with van der Waals surface area (Å²) < 4.78 is 0. The molecule has 3 rings (SSSR count). The van der Waals surface area contributed by atoms with Crippen LogP contribution >= 0.6 is 0 Å². The van der Waals surface area contributed by atoms with E-state index in [0.717, 1.165) is 0 Å². The molecule has 4 atom stereocenters. The summed E-state index contributed by atoms with van der Waals surface area (Å²) in [4.78, 5) is 0. The number of allylic oxidation sites excluding steroid dienone is 4. The van der Waals surface area contributed by atoms with Crippen LogP contribution in [-0.4, -0.2) is 0 Å². The van der Waals surface area contributed by atoms with E-state index in [0.29, 0.717) is 32.5 Å². The summed E-state index contributed by atoms with van der Waals surface area (Å²) in [5.74, 6) is 0. The minimum absolute atomic E-state index is 0.307. The van der Waals surface area contributed by atoms with Gasteiger partial charge in [0.1, 0.15) is 0 Å². The van der Waals surface area contributed by atoms with Crippen molar-refractivity contribution < 1.29 is 0 Å². The van der Waals surface area contributed by atoms with Crippen LogP contribution in [0.5, 0.6) is 0 Å². The van der Waals surface area contributed by atoms with Gasteiger partial charge in [-0.25, -0.2) is 0 Å². The van der Waals surface area contributed by atoms with Gasteiger partial charge in [-0.1, -0.05) is 105 Å². The van der Waals surface area contributed by atoms with Gasteiger partial charge in [0.05, 0.1) is 0 Å². The lowest BCUT2D eigenvalue weighted by atomic mass is 9.37. The Labute approximate surface area is 214 Å². The van der Waals surface area contributed by atoms with Crippen molar-refractivity contribution >= 4 is 0 Å². The molecule has 1 fully saturated rings. The molecule has 0 heterocycles. The molecule has 0 nitrogen and oxygen atoms in total. The molecular formula is C34H60. The molecule has 2 bridgehead atoms. The molecule has 1 saturated carbocycles. The van der Waals surface area contributed by atoms with E-state index in [1.165, 1.54) is 77.0 Å². The van der Waals surface area contributed by atoms with Gasteiger partial charge in [-0.05, 0) is 93.3 Å². The first-order valence-corrected chi connectivity index (χ1v) is 15.7. The predicted octanol–water partition coefficient (Wildman–Crippen LogP) is 11.5. The van der Waals surface area contributed by atoms with Crippen LogP contribution in [0, 0.1) is 32.5 Å². The molecule has 0 aromatic rings. The molecule has 0 radical (unpaired) electrons. The van der Waals surface area contributed by atoms with Crippen molar-refractivity contribution in [2.75, 3.05) is 0 Å². The van der Waals surface area contributed by atoms with Crippen LogP contribution in [0.15, 0.2) is 22.3 Å². The van der Waals surface area contributed by atoms with E-state index < -0.39 is 0 Å². The summed E-state index contributed by atoms with van der Waals surface area (Å²) in [5, 5.41) is 0. The van der Waals surface area contributed by atoms with E-state index >= 15 is 0 Å². The number of rotatable bonds is 12. The van der Waals surface area contributed by atoms with Crippen LogP contribution in [0.1, 0.15) is 160 Å². The van der Waals surface area contributed by atoms with Crippen LogP contribution in [0.2, 0.25) is 0 Å². The van der Waals surface area contributed by atoms with Gasteiger partial charge in [0.15, 0.2) is 0 Å². The third-order valence-corrected chi connectivity index (χ3v) is 13.4. The third kappa shape index (κ3) is 2.12. The molecule has 0 spiro atoms. The molecule has 34 heavy (non-hydrogen) atoms. The summed E-state index contributed by atoms with van der Waals surface area (Å²) in [5.41, 5.74) is 9.69. The second-order valence-corrected chi connectivity index (χ2v) is 11.9. The molecular weight excluding hydrogens is 408 g/mol. The zero-order valence-corrected chi connectivity index (χ0v) is 25.5. The highest BCUT2D eigenvalue weighted by Crippen LogP contribution is 2.98. The second-order valence-electron chi connectivity index (χ2n) is 11.9. The summed E-state index contributed by atoms with van der Waals surface area (Å²) in [6.07, 6.45) is 15.6. The van der Waals surface area contributed by atoms with Crippen LogP contribution in [0.4, 0.5) is 0 Å². The maximum Gasteiger partial charge on any atom is 0.00845 e.